The highest BCUT2D eigenvalue weighted by Gasteiger charge is 2.31. The van der Waals surface area contributed by atoms with Crippen molar-refractivity contribution >= 4 is 40.0 Å². The second-order valence-corrected chi connectivity index (χ2v) is 6.90. The number of rotatable bonds is 6. The number of likely N-dealkylation sites (tertiary alicyclic amines) is 1. The van der Waals surface area contributed by atoms with Gasteiger partial charge in [-0.25, -0.2) is 0 Å². The number of fused-ring (bicyclic) bond motifs is 1. The number of pyridine rings is 1. The fourth-order valence-corrected chi connectivity index (χ4v) is 3.50. The first-order valence-electron chi connectivity index (χ1n) is 8.89. The minimum Gasteiger partial charge on any atom is -0.384 e. The Morgan fingerprint density at radius 3 is 2.96 bits per heavy atom. The predicted molar refractivity (Wildman–Crippen MR) is 103 cm³/mol. The van der Waals surface area contributed by atoms with E-state index in [0.717, 1.165) is 42.4 Å². The SMILES string of the molecule is CC(=O)N1CCCC1C(=O)NCCCNc1ccnc2cc(Cl)ccc12. The fourth-order valence-electron chi connectivity index (χ4n) is 3.33. The first-order chi connectivity index (χ1) is 12.6. The standard InChI is InChI=1S/C19H23ClN4O2/c1-13(25)24-11-2-4-18(24)19(26)23-9-3-8-21-16-7-10-22-17-12-14(20)5-6-15(16)17/h5-7,10,12,18H,2-4,8-9,11H2,1H3,(H,21,22)(H,23,26). The molecule has 0 spiro atoms. The molecule has 26 heavy (non-hydrogen) atoms. The summed E-state index contributed by atoms with van der Waals surface area (Å²) in [7, 11) is 0. The summed E-state index contributed by atoms with van der Waals surface area (Å²) >= 11 is 6.00. The van der Waals surface area contributed by atoms with Gasteiger partial charge in [0.25, 0.3) is 0 Å². The molecule has 3 rings (SSSR count). The van der Waals surface area contributed by atoms with E-state index in [2.05, 4.69) is 15.6 Å². The molecule has 1 saturated heterocycles. The molecule has 138 valence electrons. The molecule has 6 nitrogen and oxygen atoms in total. The topological polar surface area (TPSA) is 74.3 Å². The smallest absolute Gasteiger partial charge is 0.242 e. The van der Waals surface area contributed by atoms with Crippen molar-refractivity contribution in [3.8, 4) is 0 Å². The van der Waals surface area contributed by atoms with Gasteiger partial charge < -0.3 is 15.5 Å². The van der Waals surface area contributed by atoms with E-state index in [9.17, 15) is 9.59 Å². The normalized spacial score (nSPS) is 16.7. The Labute approximate surface area is 157 Å². The van der Waals surface area contributed by atoms with Gasteiger partial charge in [-0.05, 0) is 43.5 Å². The van der Waals surface area contributed by atoms with Crippen LogP contribution in [-0.4, -0.2) is 47.4 Å². The van der Waals surface area contributed by atoms with E-state index in [4.69, 9.17) is 11.6 Å². The van der Waals surface area contributed by atoms with E-state index in [0.29, 0.717) is 18.1 Å². The summed E-state index contributed by atoms with van der Waals surface area (Å²) < 4.78 is 0. The van der Waals surface area contributed by atoms with Gasteiger partial charge in [-0.2, -0.15) is 0 Å². The third-order valence-electron chi connectivity index (χ3n) is 4.63. The first kappa shape index (κ1) is 18.5. The maximum absolute atomic E-state index is 12.3. The molecule has 0 radical (unpaired) electrons. The van der Waals surface area contributed by atoms with Crippen LogP contribution >= 0.6 is 11.6 Å². The summed E-state index contributed by atoms with van der Waals surface area (Å²) in [5.74, 6) is -0.0873. The Bertz CT molecular complexity index is 811. The Balaban J connectivity index is 1.46. The molecule has 0 aliphatic carbocycles. The number of hydrogen-bond acceptors (Lipinski definition) is 4. The van der Waals surface area contributed by atoms with E-state index in [-0.39, 0.29) is 17.9 Å². The summed E-state index contributed by atoms with van der Waals surface area (Å²) in [4.78, 5) is 29.8. The van der Waals surface area contributed by atoms with Crippen LogP contribution < -0.4 is 10.6 Å². The van der Waals surface area contributed by atoms with Crippen molar-refractivity contribution in [2.24, 2.45) is 0 Å². The van der Waals surface area contributed by atoms with Crippen LogP contribution in [0.3, 0.4) is 0 Å². The van der Waals surface area contributed by atoms with Crippen molar-refractivity contribution in [3.05, 3.63) is 35.5 Å². The molecule has 0 bridgehead atoms. The van der Waals surface area contributed by atoms with Crippen LogP contribution in [-0.2, 0) is 9.59 Å². The number of anilines is 1. The molecule has 1 fully saturated rings. The first-order valence-corrected chi connectivity index (χ1v) is 9.27. The highest BCUT2D eigenvalue weighted by atomic mass is 35.5. The maximum Gasteiger partial charge on any atom is 0.242 e. The predicted octanol–water partition coefficient (Wildman–Crippen LogP) is 2.82. The lowest BCUT2D eigenvalue weighted by Gasteiger charge is -2.22. The number of hydrogen-bond donors (Lipinski definition) is 2. The van der Waals surface area contributed by atoms with Crippen LogP contribution in [0.15, 0.2) is 30.5 Å². The third-order valence-corrected chi connectivity index (χ3v) is 4.87. The molecule has 2 aromatic rings. The maximum atomic E-state index is 12.3. The second kappa shape index (κ2) is 8.36. The highest BCUT2D eigenvalue weighted by molar-refractivity contribution is 6.31. The van der Waals surface area contributed by atoms with E-state index in [1.165, 1.54) is 6.92 Å². The number of carbonyl (C=O) groups is 2. The van der Waals surface area contributed by atoms with Crippen molar-refractivity contribution in [2.75, 3.05) is 25.0 Å². The number of nitrogens with one attached hydrogen (secondary N) is 2. The molecular weight excluding hydrogens is 352 g/mol. The minimum absolute atomic E-state index is 0.0333. The molecule has 1 aliphatic rings. The van der Waals surface area contributed by atoms with E-state index < -0.39 is 0 Å². The van der Waals surface area contributed by atoms with Gasteiger partial charge in [-0.1, -0.05) is 11.6 Å². The summed E-state index contributed by atoms with van der Waals surface area (Å²) in [6.07, 6.45) is 4.17. The average molecular weight is 375 g/mol. The zero-order valence-corrected chi connectivity index (χ0v) is 15.6. The number of aromatic nitrogens is 1. The lowest BCUT2D eigenvalue weighted by Crippen LogP contribution is -2.45. The molecule has 7 heteroatoms. The molecular formula is C19H23ClN4O2. The largest absolute Gasteiger partial charge is 0.384 e. The summed E-state index contributed by atoms with van der Waals surface area (Å²) in [6, 6.07) is 7.25. The molecule has 1 aromatic carbocycles. The molecule has 1 unspecified atom stereocenters. The van der Waals surface area contributed by atoms with Gasteiger partial charge in [0.1, 0.15) is 6.04 Å². The van der Waals surface area contributed by atoms with Crippen LogP contribution in [0.1, 0.15) is 26.2 Å². The average Bonchev–Trinajstić information content (AvgIpc) is 3.11. The number of amides is 2. The monoisotopic (exact) mass is 374 g/mol. The van der Waals surface area contributed by atoms with Crippen molar-refractivity contribution in [3.63, 3.8) is 0 Å². The summed E-state index contributed by atoms with van der Waals surface area (Å²) in [6.45, 7) is 3.49. The van der Waals surface area contributed by atoms with Gasteiger partial charge in [-0.15, -0.1) is 0 Å². The Hall–Kier alpha value is -2.34. The van der Waals surface area contributed by atoms with Crippen LogP contribution in [0.2, 0.25) is 5.02 Å². The Morgan fingerprint density at radius 1 is 1.31 bits per heavy atom. The second-order valence-electron chi connectivity index (χ2n) is 6.46. The van der Waals surface area contributed by atoms with Gasteiger partial charge in [0, 0.05) is 48.9 Å². The van der Waals surface area contributed by atoms with Crippen LogP contribution in [0.5, 0.6) is 0 Å². The molecule has 2 amide bonds. The fraction of sp³-hybridized carbons (Fsp3) is 0.421. The van der Waals surface area contributed by atoms with Gasteiger partial charge in [0.05, 0.1) is 5.52 Å². The van der Waals surface area contributed by atoms with Gasteiger partial charge in [-0.3, -0.25) is 14.6 Å². The van der Waals surface area contributed by atoms with Gasteiger partial charge in [0.2, 0.25) is 11.8 Å². The molecule has 2 heterocycles. The zero-order valence-electron chi connectivity index (χ0n) is 14.8. The van der Waals surface area contributed by atoms with E-state index in [1.54, 1.807) is 11.1 Å². The molecule has 2 N–H and O–H groups in total. The number of nitrogens with zero attached hydrogens (tertiary/aromatic N) is 2. The van der Waals surface area contributed by atoms with E-state index >= 15 is 0 Å². The lowest BCUT2D eigenvalue weighted by molar-refractivity contribution is -0.136. The van der Waals surface area contributed by atoms with Crippen molar-refractivity contribution in [1.29, 1.82) is 0 Å². The zero-order chi connectivity index (χ0) is 18.5. The third kappa shape index (κ3) is 4.25. The van der Waals surface area contributed by atoms with Crippen molar-refractivity contribution in [1.82, 2.24) is 15.2 Å². The molecule has 1 atom stereocenters. The quantitative estimate of drug-likeness (QED) is 0.762. The van der Waals surface area contributed by atoms with Gasteiger partial charge >= 0.3 is 0 Å². The van der Waals surface area contributed by atoms with Crippen molar-refractivity contribution in [2.45, 2.75) is 32.2 Å². The van der Waals surface area contributed by atoms with Gasteiger partial charge in [0.15, 0.2) is 0 Å². The van der Waals surface area contributed by atoms with Crippen LogP contribution in [0.4, 0.5) is 5.69 Å². The summed E-state index contributed by atoms with van der Waals surface area (Å²) in [5, 5.41) is 8.00. The summed E-state index contributed by atoms with van der Waals surface area (Å²) in [5.41, 5.74) is 1.85. The van der Waals surface area contributed by atoms with Crippen molar-refractivity contribution < 1.29 is 9.59 Å². The van der Waals surface area contributed by atoms with E-state index in [1.807, 2.05) is 24.3 Å². The Morgan fingerprint density at radius 2 is 2.15 bits per heavy atom. The Kier molecular flexibility index (Phi) is 5.93. The van der Waals surface area contributed by atoms with Crippen LogP contribution in [0.25, 0.3) is 10.9 Å². The minimum atomic E-state index is -0.311. The number of halogens is 1. The molecule has 1 aliphatic heterocycles. The highest BCUT2D eigenvalue weighted by Crippen LogP contribution is 2.24. The molecule has 0 saturated carbocycles. The number of benzene rings is 1. The number of carbonyl (C=O) groups excluding carboxylic acids is 2. The lowest BCUT2D eigenvalue weighted by atomic mass is 10.2. The van der Waals surface area contributed by atoms with Crippen LogP contribution in [0, 0.1) is 0 Å². The molecule has 1 aromatic heterocycles.